The van der Waals surface area contributed by atoms with Crippen molar-refractivity contribution >= 4 is 0 Å². The quantitative estimate of drug-likeness (QED) is 0.870. The average molecular weight is 298 g/mol. The Bertz CT molecular complexity index is 613. The van der Waals surface area contributed by atoms with Crippen LogP contribution >= 0.6 is 0 Å². The van der Waals surface area contributed by atoms with E-state index in [2.05, 4.69) is 39.2 Å². The Morgan fingerprint density at radius 3 is 3.14 bits per heavy atom. The normalized spacial score (nSPS) is 25.8. The summed E-state index contributed by atoms with van der Waals surface area (Å²) in [5, 5.41) is 4.19. The lowest BCUT2D eigenvalue weighted by Gasteiger charge is -2.40. The van der Waals surface area contributed by atoms with Crippen molar-refractivity contribution in [2.24, 2.45) is 0 Å². The summed E-state index contributed by atoms with van der Waals surface area (Å²) in [6, 6.07) is 9.47. The van der Waals surface area contributed by atoms with Crippen molar-refractivity contribution in [1.29, 1.82) is 0 Å². The van der Waals surface area contributed by atoms with Gasteiger partial charge in [0.15, 0.2) is 0 Å². The van der Waals surface area contributed by atoms with Gasteiger partial charge in [-0.2, -0.15) is 5.10 Å². The summed E-state index contributed by atoms with van der Waals surface area (Å²) in [6.07, 6.45) is 7.31. The number of aromatic nitrogens is 3. The minimum absolute atomic E-state index is 0.199. The van der Waals surface area contributed by atoms with Crippen LogP contribution in [-0.2, 0) is 17.7 Å². The lowest BCUT2D eigenvalue weighted by molar-refractivity contribution is -0.0541. The second-order valence-electron chi connectivity index (χ2n) is 6.21. The number of rotatable bonds is 3. The zero-order valence-corrected chi connectivity index (χ0v) is 12.8. The molecule has 2 aliphatic rings. The Balaban J connectivity index is 1.48. The monoisotopic (exact) mass is 298 g/mol. The molecule has 2 atom stereocenters. The van der Waals surface area contributed by atoms with Gasteiger partial charge in [0.2, 0.25) is 0 Å². The van der Waals surface area contributed by atoms with E-state index in [1.54, 1.807) is 12.7 Å². The number of ether oxygens (including phenoxy) is 1. The van der Waals surface area contributed by atoms with Gasteiger partial charge in [-0.15, -0.1) is 0 Å². The lowest BCUT2D eigenvalue weighted by atomic mass is 9.86. The van der Waals surface area contributed by atoms with Crippen molar-refractivity contribution in [3.63, 3.8) is 0 Å². The van der Waals surface area contributed by atoms with Gasteiger partial charge in [0.1, 0.15) is 12.7 Å². The zero-order chi connectivity index (χ0) is 14.8. The van der Waals surface area contributed by atoms with Gasteiger partial charge in [-0.05, 0) is 30.4 Å². The molecule has 1 saturated heterocycles. The smallest absolute Gasteiger partial charge is 0.137 e. The van der Waals surface area contributed by atoms with E-state index >= 15 is 0 Å². The van der Waals surface area contributed by atoms with Crippen molar-refractivity contribution in [2.75, 3.05) is 19.7 Å². The fourth-order valence-electron chi connectivity index (χ4n) is 3.78. The van der Waals surface area contributed by atoms with Gasteiger partial charge in [-0.1, -0.05) is 24.3 Å². The van der Waals surface area contributed by atoms with Crippen LogP contribution in [0.5, 0.6) is 0 Å². The molecule has 0 bridgehead atoms. The summed E-state index contributed by atoms with van der Waals surface area (Å²) >= 11 is 0. The van der Waals surface area contributed by atoms with Crippen LogP contribution in [0.1, 0.15) is 30.0 Å². The first-order valence-electron chi connectivity index (χ1n) is 8.16. The predicted octanol–water partition coefficient (Wildman–Crippen LogP) is 2.06. The number of aryl methyl sites for hydroxylation is 1. The van der Waals surface area contributed by atoms with E-state index in [1.807, 2.05) is 4.68 Å². The van der Waals surface area contributed by atoms with E-state index in [1.165, 1.54) is 30.4 Å². The molecule has 22 heavy (non-hydrogen) atoms. The minimum atomic E-state index is 0.199. The Kier molecular flexibility index (Phi) is 3.91. The summed E-state index contributed by atoms with van der Waals surface area (Å²) in [7, 11) is 0. The maximum Gasteiger partial charge on any atom is 0.137 e. The highest BCUT2D eigenvalue weighted by atomic mass is 16.5. The topological polar surface area (TPSA) is 43.2 Å². The second kappa shape index (κ2) is 6.18. The van der Waals surface area contributed by atoms with E-state index in [-0.39, 0.29) is 6.10 Å². The van der Waals surface area contributed by atoms with Crippen LogP contribution in [0, 0.1) is 0 Å². The zero-order valence-electron chi connectivity index (χ0n) is 12.8. The third-order valence-corrected chi connectivity index (χ3v) is 4.81. The SMILES string of the molecule is c1ccc2c(c1)CCC[C@@H]2N1CCO[C@H](Cn2cncn2)C1. The standard InChI is InChI=1S/C17H22N4O/c1-2-6-16-14(4-1)5-3-7-17(16)20-8-9-22-15(10-20)11-21-13-18-12-19-21/h1-2,4,6,12-13,15,17H,3,5,7-11H2/t15-,17-/m0/s1. The van der Waals surface area contributed by atoms with Gasteiger partial charge < -0.3 is 4.74 Å². The fraction of sp³-hybridized carbons (Fsp3) is 0.529. The van der Waals surface area contributed by atoms with E-state index in [9.17, 15) is 0 Å². The highest BCUT2D eigenvalue weighted by Gasteiger charge is 2.30. The molecule has 0 unspecified atom stereocenters. The van der Waals surface area contributed by atoms with Crippen LogP contribution < -0.4 is 0 Å². The van der Waals surface area contributed by atoms with Gasteiger partial charge in [0, 0.05) is 19.1 Å². The number of hydrogen-bond acceptors (Lipinski definition) is 4. The Morgan fingerprint density at radius 2 is 2.23 bits per heavy atom. The fourth-order valence-corrected chi connectivity index (χ4v) is 3.78. The molecular formula is C17H22N4O. The largest absolute Gasteiger partial charge is 0.374 e. The highest BCUT2D eigenvalue weighted by Crippen LogP contribution is 2.35. The van der Waals surface area contributed by atoms with E-state index in [4.69, 9.17) is 4.74 Å². The van der Waals surface area contributed by atoms with Crippen molar-refractivity contribution in [2.45, 2.75) is 38.0 Å². The van der Waals surface area contributed by atoms with Crippen LogP contribution in [0.15, 0.2) is 36.9 Å². The molecule has 5 heteroatoms. The Hall–Kier alpha value is -1.72. The first kappa shape index (κ1) is 13.9. The Labute approximate surface area is 130 Å². The molecule has 1 aromatic heterocycles. The molecule has 0 saturated carbocycles. The predicted molar refractivity (Wildman–Crippen MR) is 83.5 cm³/mol. The van der Waals surface area contributed by atoms with Gasteiger partial charge in [0.25, 0.3) is 0 Å². The maximum absolute atomic E-state index is 5.93. The van der Waals surface area contributed by atoms with Crippen molar-refractivity contribution in [3.8, 4) is 0 Å². The number of fused-ring (bicyclic) bond motifs is 1. The molecule has 1 aromatic carbocycles. The molecule has 2 aromatic rings. The molecule has 2 heterocycles. The van der Waals surface area contributed by atoms with Gasteiger partial charge >= 0.3 is 0 Å². The molecule has 0 radical (unpaired) electrons. The molecule has 1 fully saturated rings. The molecule has 1 aliphatic carbocycles. The second-order valence-corrected chi connectivity index (χ2v) is 6.21. The molecular weight excluding hydrogens is 276 g/mol. The summed E-state index contributed by atoms with van der Waals surface area (Å²) in [6.45, 7) is 3.58. The number of hydrogen-bond donors (Lipinski definition) is 0. The van der Waals surface area contributed by atoms with Gasteiger partial charge in [-0.3, -0.25) is 9.58 Å². The Morgan fingerprint density at radius 1 is 1.27 bits per heavy atom. The summed E-state index contributed by atoms with van der Waals surface area (Å²) in [5.41, 5.74) is 3.05. The molecule has 5 nitrogen and oxygen atoms in total. The van der Waals surface area contributed by atoms with Crippen LogP contribution in [0.2, 0.25) is 0 Å². The van der Waals surface area contributed by atoms with E-state index in [0.29, 0.717) is 6.04 Å². The highest BCUT2D eigenvalue weighted by molar-refractivity contribution is 5.32. The number of benzene rings is 1. The van der Waals surface area contributed by atoms with Crippen LogP contribution in [0.3, 0.4) is 0 Å². The minimum Gasteiger partial charge on any atom is -0.374 e. The lowest BCUT2D eigenvalue weighted by Crippen LogP contribution is -2.46. The number of morpholine rings is 1. The molecule has 0 N–H and O–H groups in total. The number of nitrogens with zero attached hydrogens (tertiary/aromatic N) is 4. The van der Waals surface area contributed by atoms with Crippen LogP contribution in [-0.4, -0.2) is 45.5 Å². The van der Waals surface area contributed by atoms with E-state index < -0.39 is 0 Å². The molecule has 116 valence electrons. The molecule has 1 aliphatic heterocycles. The third kappa shape index (κ3) is 2.78. The van der Waals surface area contributed by atoms with Crippen molar-refractivity contribution in [3.05, 3.63) is 48.0 Å². The van der Waals surface area contributed by atoms with Crippen molar-refractivity contribution < 1.29 is 4.74 Å². The van der Waals surface area contributed by atoms with Crippen LogP contribution in [0.4, 0.5) is 0 Å². The third-order valence-electron chi connectivity index (χ3n) is 4.81. The van der Waals surface area contributed by atoms with Gasteiger partial charge in [-0.25, -0.2) is 4.98 Å². The summed E-state index contributed by atoms with van der Waals surface area (Å²) in [4.78, 5) is 6.61. The molecule has 4 rings (SSSR count). The van der Waals surface area contributed by atoms with Crippen LogP contribution in [0.25, 0.3) is 0 Å². The van der Waals surface area contributed by atoms with Crippen molar-refractivity contribution in [1.82, 2.24) is 19.7 Å². The first-order chi connectivity index (χ1) is 10.9. The summed E-state index contributed by atoms with van der Waals surface area (Å²) < 4.78 is 7.79. The average Bonchev–Trinajstić information content (AvgIpc) is 3.07. The summed E-state index contributed by atoms with van der Waals surface area (Å²) in [5.74, 6) is 0. The first-order valence-corrected chi connectivity index (χ1v) is 8.16. The van der Waals surface area contributed by atoms with Gasteiger partial charge in [0.05, 0.1) is 19.3 Å². The molecule has 0 spiro atoms. The maximum atomic E-state index is 5.93. The molecule has 0 amide bonds. The van der Waals surface area contributed by atoms with E-state index in [0.717, 1.165) is 26.2 Å².